The molecule has 2 heterocycles. The molecular weight excluding hydrogens is 497 g/mol. The molecule has 1 aliphatic carbocycles. The molecule has 1 aliphatic heterocycles. The summed E-state index contributed by atoms with van der Waals surface area (Å²) in [6.45, 7) is 4.80. The van der Waals surface area contributed by atoms with Crippen molar-refractivity contribution in [2.45, 2.75) is 45.2 Å². The zero-order valence-corrected chi connectivity index (χ0v) is 20.8. The van der Waals surface area contributed by atoms with E-state index in [0.717, 1.165) is 9.58 Å². The fraction of sp³-hybridized carbons (Fsp3) is 0.286. The van der Waals surface area contributed by atoms with E-state index in [0.29, 0.717) is 5.56 Å². The molecule has 0 fully saturated rings. The summed E-state index contributed by atoms with van der Waals surface area (Å²) in [4.78, 5) is 42.4. The first-order chi connectivity index (χ1) is 17.8. The maximum absolute atomic E-state index is 15.4. The number of benzene rings is 2. The van der Waals surface area contributed by atoms with Crippen molar-refractivity contribution in [2.24, 2.45) is 5.41 Å². The van der Waals surface area contributed by atoms with Crippen molar-refractivity contribution in [3.05, 3.63) is 93.0 Å². The molecule has 10 heteroatoms. The number of halogens is 3. The van der Waals surface area contributed by atoms with Gasteiger partial charge in [0.1, 0.15) is 0 Å². The molecule has 0 saturated carbocycles. The molecule has 1 N–H and O–H groups in total. The predicted octanol–water partition coefficient (Wildman–Crippen LogP) is 4.84. The fourth-order valence-corrected chi connectivity index (χ4v) is 5.64. The Morgan fingerprint density at radius 3 is 2.16 bits per heavy atom. The number of amides is 1. The molecule has 2 aliphatic rings. The summed E-state index contributed by atoms with van der Waals surface area (Å²) in [6, 6.07) is 15.4. The zero-order chi connectivity index (χ0) is 27.6. The van der Waals surface area contributed by atoms with Crippen LogP contribution in [0.5, 0.6) is 0 Å². The third-order valence-electron chi connectivity index (χ3n) is 7.16. The average Bonchev–Trinajstić information content (AvgIpc) is 3.28. The number of H-pyrrole nitrogens is 1. The molecule has 2 aromatic carbocycles. The molecule has 1 atom stereocenters. The number of anilines is 1. The fourth-order valence-electron chi connectivity index (χ4n) is 5.64. The Balaban J connectivity index is 1.85. The number of nitriles is 1. The van der Waals surface area contributed by atoms with E-state index in [1.54, 1.807) is 32.0 Å². The number of rotatable bonds is 3. The van der Waals surface area contributed by atoms with Crippen LogP contribution in [0.3, 0.4) is 0 Å². The summed E-state index contributed by atoms with van der Waals surface area (Å²) < 4.78 is 47.1. The van der Waals surface area contributed by atoms with Gasteiger partial charge in [0.25, 0.3) is 11.5 Å². The lowest BCUT2D eigenvalue weighted by Crippen LogP contribution is -2.55. The molecule has 1 aromatic heterocycles. The van der Waals surface area contributed by atoms with Crippen LogP contribution in [0.4, 0.5) is 18.9 Å². The molecule has 0 radical (unpaired) electrons. The van der Waals surface area contributed by atoms with Gasteiger partial charge in [-0.3, -0.25) is 24.4 Å². The Kier molecular flexibility index (Phi) is 5.53. The quantitative estimate of drug-likeness (QED) is 0.535. The number of alkyl halides is 3. The number of carbonyl (C=O) groups excluding carboxylic acids is 2. The van der Waals surface area contributed by atoms with Gasteiger partial charge in [-0.1, -0.05) is 32.0 Å². The van der Waals surface area contributed by atoms with Crippen LogP contribution in [0.25, 0.3) is 5.69 Å². The van der Waals surface area contributed by atoms with Gasteiger partial charge in [0.15, 0.2) is 5.78 Å². The number of nitrogens with zero attached hydrogens (tertiary/aromatic N) is 3. The number of aromatic amines is 1. The largest absolute Gasteiger partial charge is 0.411 e. The van der Waals surface area contributed by atoms with Crippen molar-refractivity contribution in [3.8, 4) is 11.8 Å². The maximum atomic E-state index is 15.4. The Bertz CT molecular complexity index is 1610. The number of aryl methyl sites for hydroxylation is 1. The number of hydrogen-bond donors (Lipinski definition) is 1. The van der Waals surface area contributed by atoms with E-state index >= 15 is 13.2 Å². The first-order valence-electron chi connectivity index (χ1n) is 11.9. The lowest BCUT2D eigenvalue weighted by molar-refractivity contribution is -0.184. The minimum Gasteiger partial charge on any atom is -0.295 e. The van der Waals surface area contributed by atoms with Crippen LogP contribution in [0.2, 0.25) is 0 Å². The topological polar surface area (TPSA) is 99.0 Å². The summed E-state index contributed by atoms with van der Waals surface area (Å²) in [7, 11) is 0. The minimum absolute atomic E-state index is 0.0373. The first-order valence-corrected chi connectivity index (χ1v) is 11.9. The molecule has 7 nitrogen and oxygen atoms in total. The highest BCUT2D eigenvalue weighted by Crippen LogP contribution is 2.58. The van der Waals surface area contributed by atoms with Gasteiger partial charge in [-0.15, -0.1) is 0 Å². The van der Waals surface area contributed by atoms with E-state index < -0.39 is 45.4 Å². The van der Waals surface area contributed by atoms with Crippen molar-refractivity contribution in [2.75, 3.05) is 4.90 Å². The number of carbonyl (C=O) groups is 2. The molecule has 1 unspecified atom stereocenters. The number of Topliss-reactive ketones (excluding diaryl/α,β-unsaturated/α-hetero) is 1. The summed E-state index contributed by atoms with van der Waals surface area (Å²) in [5.41, 5.74) is -6.37. The number of allylic oxidation sites excluding steroid dienone is 1. The van der Waals surface area contributed by atoms with Crippen molar-refractivity contribution in [1.82, 2.24) is 9.78 Å². The molecule has 1 amide bonds. The summed E-state index contributed by atoms with van der Waals surface area (Å²) in [5, 5.41) is 11.7. The smallest absolute Gasteiger partial charge is 0.295 e. The van der Waals surface area contributed by atoms with E-state index in [9.17, 15) is 14.4 Å². The third kappa shape index (κ3) is 3.45. The second-order valence-corrected chi connectivity index (χ2v) is 10.4. The van der Waals surface area contributed by atoms with E-state index in [-0.39, 0.29) is 35.6 Å². The van der Waals surface area contributed by atoms with Gasteiger partial charge in [0.05, 0.1) is 22.9 Å². The average molecular weight is 521 g/mol. The van der Waals surface area contributed by atoms with Gasteiger partial charge in [-0.05, 0) is 55.2 Å². The van der Waals surface area contributed by atoms with Gasteiger partial charge in [0.2, 0.25) is 5.41 Å². The third-order valence-corrected chi connectivity index (χ3v) is 7.16. The molecule has 5 rings (SSSR count). The SMILES string of the molecule is Cc1[nH]n(-c2ccc(C#N)cc2)c(=O)c1C1(C(F)(F)F)C(=O)N(c2ccccc2)C2=C1C(=O)CC(C)(C)C2. The van der Waals surface area contributed by atoms with Crippen LogP contribution >= 0.6 is 0 Å². The van der Waals surface area contributed by atoms with Gasteiger partial charge in [0, 0.05) is 29.1 Å². The number of ketones is 1. The van der Waals surface area contributed by atoms with Gasteiger partial charge in [-0.2, -0.15) is 18.4 Å². The van der Waals surface area contributed by atoms with Crippen LogP contribution < -0.4 is 10.5 Å². The second-order valence-electron chi connectivity index (χ2n) is 10.4. The normalized spacial score (nSPS) is 21.0. The molecule has 194 valence electrons. The molecule has 3 aromatic rings. The predicted molar refractivity (Wildman–Crippen MR) is 133 cm³/mol. The van der Waals surface area contributed by atoms with Crippen molar-refractivity contribution >= 4 is 17.4 Å². The van der Waals surface area contributed by atoms with Crippen LogP contribution in [0.1, 0.15) is 43.5 Å². The second kappa shape index (κ2) is 8.31. The van der Waals surface area contributed by atoms with Crippen LogP contribution in [-0.2, 0) is 15.0 Å². The van der Waals surface area contributed by atoms with E-state index in [4.69, 9.17) is 5.26 Å². The summed E-state index contributed by atoms with van der Waals surface area (Å²) in [5.74, 6) is -2.22. The molecule has 0 spiro atoms. The maximum Gasteiger partial charge on any atom is 0.411 e. The van der Waals surface area contributed by atoms with Gasteiger partial charge in [-0.25, -0.2) is 4.68 Å². The van der Waals surface area contributed by atoms with Crippen molar-refractivity contribution < 1.29 is 22.8 Å². The van der Waals surface area contributed by atoms with Crippen LogP contribution in [0, 0.1) is 23.7 Å². The van der Waals surface area contributed by atoms with Gasteiger partial charge >= 0.3 is 6.18 Å². The number of nitrogens with one attached hydrogen (secondary N) is 1. The highest BCUT2D eigenvalue weighted by molar-refractivity contribution is 6.20. The first kappa shape index (κ1) is 25.3. The van der Waals surface area contributed by atoms with Gasteiger partial charge < -0.3 is 0 Å². The standard InChI is InChI=1S/C28H23F3N4O3/c1-16-22(24(37)35(33-16)19-11-9-17(15-32)10-12-19)27(28(29,30)31)23-20(13-26(2,3)14-21(23)36)34(25(27)38)18-7-5-4-6-8-18/h4-12,33H,13-14H2,1-3H3. The Labute approximate surface area is 215 Å². The Morgan fingerprint density at radius 1 is 0.947 bits per heavy atom. The highest BCUT2D eigenvalue weighted by Gasteiger charge is 2.73. The number of aromatic nitrogens is 2. The minimum atomic E-state index is -5.31. The lowest BCUT2D eigenvalue weighted by Gasteiger charge is -2.35. The van der Waals surface area contributed by atoms with Crippen LogP contribution in [0.15, 0.2) is 70.7 Å². The lowest BCUT2D eigenvalue weighted by atomic mass is 9.66. The Hall–Kier alpha value is -4.39. The monoisotopic (exact) mass is 520 g/mol. The number of para-hydroxylation sites is 1. The molecule has 0 saturated heterocycles. The Morgan fingerprint density at radius 2 is 1.58 bits per heavy atom. The summed E-state index contributed by atoms with van der Waals surface area (Å²) >= 11 is 0. The highest BCUT2D eigenvalue weighted by atomic mass is 19.4. The van der Waals surface area contributed by atoms with E-state index in [1.807, 2.05) is 6.07 Å². The summed E-state index contributed by atoms with van der Waals surface area (Å²) in [6.07, 6.45) is -5.47. The zero-order valence-electron chi connectivity index (χ0n) is 20.8. The van der Waals surface area contributed by atoms with Crippen molar-refractivity contribution in [3.63, 3.8) is 0 Å². The molecule has 38 heavy (non-hydrogen) atoms. The van der Waals surface area contributed by atoms with Crippen molar-refractivity contribution in [1.29, 1.82) is 5.26 Å². The van der Waals surface area contributed by atoms with Crippen LogP contribution in [-0.4, -0.2) is 27.6 Å². The molecule has 0 bridgehead atoms. The molecular formula is C28H23F3N4O3. The number of hydrogen-bond acceptors (Lipinski definition) is 4. The van der Waals surface area contributed by atoms with E-state index in [2.05, 4.69) is 5.10 Å². The van der Waals surface area contributed by atoms with E-state index in [1.165, 1.54) is 43.3 Å².